The summed E-state index contributed by atoms with van der Waals surface area (Å²) >= 11 is 0. The molecule has 13 aromatic rings. The van der Waals surface area contributed by atoms with Gasteiger partial charge in [0, 0.05) is 44.0 Å². The van der Waals surface area contributed by atoms with E-state index in [1.54, 1.807) is 0 Å². The second-order valence-electron chi connectivity index (χ2n) is 20.6. The summed E-state index contributed by atoms with van der Waals surface area (Å²) in [6, 6.07) is 78.3. The SMILES string of the molecule is Cc1ccc(N(c2cccc(-c3cccc(-c4ccccc4C)c3)c2O)c2cc(C)c3ccc4c(N(c5ccc(C)cc5)c5cccc6c5oc5c(-c7ccccc7)cccc56)cc(C(C)C)c5ccc2c3c54)cc1. The Morgan fingerprint density at radius 1 is 0.360 bits per heavy atom. The van der Waals surface area contributed by atoms with Crippen LogP contribution in [0, 0.1) is 27.7 Å². The molecule has 13 rings (SSSR count). The van der Waals surface area contributed by atoms with Crippen molar-refractivity contribution in [3.8, 4) is 39.1 Å². The fourth-order valence-electron chi connectivity index (χ4n) is 11.7. The smallest absolute Gasteiger partial charge is 0.159 e. The van der Waals surface area contributed by atoms with Crippen LogP contribution in [0.5, 0.6) is 5.75 Å². The molecule has 0 fully saturated rings. The predicted octanol–water partition coefficient (Wildman–Crippen LogP) is 20.5. The summed E-state index contributed by atoms with van der Waals surface area (Å²) in [5.74, 6) is 0.425. The fraction of sp³-hybridized carbons (Fsp3) is 0.0986. The van der Waals surface area contributed by atoms with Crippen molar-refractivity contribution in [3.05, 3.63) is 246 Å². The lowest BCUT2D eigenvalue weighted by atomic mass is 9.85. The Kier molecular flexibility index (Phi) is 11.0. The summed E-state index contributed by atoms with van der Waals surface area (Å²) in [7, 11) is 0. The van der Waals surface area contributed by atoms with Crippen LogP contribution in [0.1, 0.15) is 47.6 Å². The Morgan fingerprint density at radius 2 is 0.867 bits per heavy atom. The Hall–Kier alpha value is -9.12. The van der Waals surface area contributed by atoms with E-state index in [4.69, 9.17) is 4.42 Å². The van der Waals surface area contributed by atoms with Crippen LogP contribution < -0.4 is 9.80 Å². The minimum absolute atomic E-state index is 0.206. The van der Waals surface area contributed by atoms with Gasteiger partial charge in [0.25, 0.3) is 0 Å². The molecule has 75 heavy (non-hydrogen) atoms. The van der Waals surface area contributed by atoms with E-state index in [2.05, 4.69) is 258 Å². The third-order valence-corrected chi connectivity index (χ3v) is 15.5. The number of benzene rings is 12. The molecule has 362 valence electrons. The number of phenolic OH excluding ortho intramolecular Hbond substituents is 1. The first-order valence-electron chi connectivity index (χ1n) is 26.1. The lowest BCUT2D eigenvalue weighted by Gasteiger charge is -2.31. The molecule has 12 aromatic carbocycles. The van der Waals surface area contributed by atoms with Crippen molar-refractivity contribution in [1.29, 1.82) is 0 Å². The molecule has 0 saturated heterocycles. The van der Waals surface area contributed by atoms with E-state index in [0.29, 0.717) is 5.69 Å². The van der Waals surface area contributed by atoms with Crippen LogP contribution in [-0.4, -0.2) is 5.11 Å². The number of furan rings is 1. The number of anilines is 6. The lowest BCUT2D eigenvalue weighted by molar-refractivity contribution is 0.478. The van der Waals surface area contributed by atoms with Gasteiger partial charge >= 0.3 is 0 Å². The standard InChI is InChI=1S/C71H56N2O2/c1-43(2)62-42-66(73(52-34-30-45(4)31-35-52)64-27-15-25-59-58-24-13-23-56(70(58)75-71(59)64)48-17-8-7-9-18-48)61-38-36-54-47(6)40-65(60-39-37-57(62)68(61)67(54)60)72(51-32-28-44(3)29-33-51)63-26-14-22-55(69(63)74)50-20-12-19-49(41-50)53-21-11-10-16-46(53)5/h7-43,74H,1-6H3. The van der Waals surface area contributed by atoms with Gasteiger partial charge < -0.3 is 19.3 Å². The highest BCUT2D eigenvalue weighted by Gasteiger charge is 2.28. The highest BCUT2D eigenvalue weighted by molar-refractivity contribution is 6.30. The molecule has 0 bridgehead atoms. The molecule has 0 unspecified atom stereocenters. The van der Waals surface area contributed by atoms with Crippen molar-refractivity contribution in [1.82, 2.24) is 0 Å². The highest BCUT2D eigenvalue weighted by atomic mass is 16.3. The average Bonchev–Trinajstić information content (AvgIpc) is 3.87. The maximum atomic E-state index is 12.8. The summed E-state index contributed by atoms with van der Waals surface area (Å²) in [4.78, 5) is 4.69. The van der Waals surface area contributed by atoms with Gasteiger partial charge in [-0.25, -0.2) is 0 Å². The predicted molar refractivity (Wildman–Crippen MR) is 318 cm³/mol. The second-order valence-corrected chi connectivity index (χ2v) is 20.6. The number of hydrogen-bond acceptors (Lipinski definition) is 4. The molecule has 1 heterocycles. The number of aromatic hydroxyl groups is 1. The average molecular weight is 969 g/mol. The third kappa shape index (κ3) is 7.59. The van der Waals surface area contributed by atoms with Crippen LogP contribution in [0.25, 0.3) is 87.6 Å². The number of para-hydroxylation sites is 3. The van der Waals surface area contributed by atoms with Gasteiger partial charge in [-0.1, -0.05) is 189 Å². The highest BCUT2D eigenvalue weighted by Crippen LogP contribution is 2.53. The minimum Gasteiger partial charge on any atom is -0.505 e. The maximum Gasteiger partial charge on any atom is 0.159 e. The summed E-state index contributed by atoms with van der Waals surface area (Å²) < 4.78 is 7.18. The van der Waals surface area contributed by atoms with E-state index in [1.165, 1.54) is 43.8 Å². The third-order valence-electron chi connectivity index (χ3n) is 15.5. The number of rotatable bonds is 10. The van der Waals surface area contributed by atoms with Crippen molar-refractivity contribution in [3.63, 3.8) is 0 Å². The van der Waals surface area contributed by atoms with Crippen LogP contribution in [0.4, 0.5) is 34.1 Å². The van der Waals surface area contributed by atoms with E-state index in [9.17, 15) is 5.11 Å². The van der Waals surface area contributed by atoms with E-state index >= 15 is 0 Å². The number of hydrogen-bond donors (Lipinski definition) is 1. The normalized spacial score (nSPS) is 11.8. The van der Waals surface area contributed by atoms with Gasteiger partial charge in [-0.2, -0.15) is 0 Å². The van der Waals surface area contributed by atoms with Crippen molar-refractivity contribution < 1.29 is 9.52 Å². The number of fused-ring (bicyclic) bond motifs is 3. The summed E-state index contributed by atoms with van der Waals surface area (Å²) in [6.07, 6.45) is 0. The van der Waals surface area contributed by atoms with Gasteiger partial charge in [0.05, 0.1) is 22.7 Å². The molecule has 0 aliphatic heterocycles. The summed E-state index contributed by atoms with van der Waals surface area (Å²) in [5.41, 5.74) is 19.7. The van der Waals surface area contributed by atoms with Crippen LogP contribution in [-0.2, 0) is 0 Å². The fourth-order valence-corrected chi connectivity index (χ4v) is 11.7. The molecule has 1 aromatic heterocycles. The number of aryl methyl sites for hydroxylation is 4. The van der Waals surface area contributed by atoms with Crippen LogP contribution in [0.2, 0.25) is 0 Å². The molecular weight excluding hydrogens is 913 g/mol. The van der Waals surface area contributed by atoms with Crippen molar-refractivity contribution >= 4 is 88.4 Å². The molecule has 0 aliphatic rings. The Labute approximate surface area is 438 Å². The molecule has 0 atom stereocenters. The topological polar surface area (TPSA) is 39.9 Å². The first-order chi connectivity index (χ1) is 36.6. The number of phenols is 1. The zero-order valence-corrected chi connectivity index (χ0v) is 43.1. The molecule has 4 heteroatoms. The van der Waals surface area contributed by atoms with Gasteiger partial charge in [-0.3, -0.25) is 0 Å². The molecule has 1 N–H and O–H groups in total. The van der Waals surface area contributed by atoms with Gasteiger partial charge in [-0.05, 0) is 149 Å². The molecule has 0 spiro atoms. The molecule has 4 nitrogen and oxygen atoms in total. The lowest BCUT2D eigenvalue weighted by Crippen LogP contribution is -2.13. The molecule has 0 radical (unpaired) electrons. The zero-order valence-electron chi connectivity index (χ0n) is 43.1. The Balaban J connectivity index is 1.06. The summed E-state index contributed by atoms with van der Waals surface area (Å²) in [5, 5.41) is 22.0. The van der Waals surface area contributed by atoms with Crippen LogP contribution in [0.3, 0.4) is 0 Å². The van der Waals surface area contributed by atoms with Gasteiger partial charge in [-0.15, -0.1) is 0 Å². The van der Waals surface area contributed by atoms with E-state index in [0.717, 1.165) is 100 Å². The van der Waals surface area contributed by atoms with Crippen molar-refractivity contribution in [2.24, 2.45) is 0 Å². The van der Waals surface area contributed by atoms with Gasteiger partial charge in [0.15, 0.2) is 5.58 Å². The first-order valence-corrected chi connectivity index (χ1v) is 26.1. The summed E-state index contributed by atoms with van der Waals surface area (Å²) in [6.45, 7) is 13.2. The largest absolute Gasteiger partial charge is 0.505 e. The van der Waals surface area contributed by atoms with Crippen LogP contribution in [0.15, 0.2) is 223 Å². The monoisotopic (exact) mass is 968 g/mol. The van der Waals surface area contributed by atoms with Gasteiger partial charge in [0.2, 0.25) is 0 Å². The van der Waals surface area contributed by atoms with E-state index in [-0.39, 0.29) is 11.7 Å². The quantitative estimate of drug-likeness (QED) is 0.139. The first kappa shape index (κ1) is 45.7. The Morgan fingerprint density at radius 3 is 1.56 bits per heavy atom. The molecule has 0 amide bonds. The minimum atomic E-state index is 0.206. The number of nitrogens with zero attached hydrogens (tertiary/aromatic N) is 2. The van der Waals surface area contributed by atoms with Crippen molar-refractivity contribution in [2.75, 3.05) is 9.80 Å². The molecular formula is C71H56N2O2. The van der Waals surface area contributed by atoms with E-state index < -0.39 is 0 Å². The van der Waals surface area contributed by atoms with Gasteiger partial charge in [0.1, 0.15) is 11.3 Å². The zero-order chi connectivity index (χ0) is 51.1. The maximum absolute atomic E-state index is 12.8. The molecule has 0 aliphatic carbocycles. The van der Waals surface area contributed by atoms with Crippen LogP contribution >= 0.6 is 0 Å². The molecule has 0 saturated carbocycles. The Bertz CT molecular complexity index is 4320. The van der Waals surface area contributed by atoms with E-state index in [1.807, 2.05) is 12.1 Å². The second kappa shape index (κ2) is 18.1. The van der Waals surface area contributed by atoms with Crippen molar-refractivity contribution in [2.45, 2.75) is 47.5 Å².